The molecule has 0 bridgehead atoms. The van der Waals surface area contributed by atoms with Crippen LogP contribution in [-0.4, -0.2) is 33.0 Å². The van der Waals surface area contributed by atoms with Crippen molar-refractivity contribution < 1.29 is 14.3 Å². The van der Waals surface area contributed by atoms with Gasteiger partial charge in [-0.25, -0.2) is 4.98 Å². The Bertz CT molecular complexity index is 371. The number of hydrogen-bond acceptors (Lipinski definition) is 4. The SMILES string of the molecule is CCN(Cc1ncoc1C)C(C)(C)C(=O)O. The highest BCUT2D eigenvalue weighted by Gasteiger charge is 2.34. The predicted octanol–water partition coefficient (Wildman–Crippen LogP) is 1.67. The van der Waals surface area contributed by atoms with Crippen LogP contribution in [0.5, 0.6) is 0 Å². The van der Waals surface area contributed by atoms with E-state index in [1.807, 2.05) is 18.7 Å². The Hall–Kier alpha value is -1.36. The minimum Gasteiger partial charge on any atom is -0.480 e. The van der Waals surface area contributed by atoms with Crippen molar-refractivity contribution in [3.05, 3.63) is 17.8 Å². The minimum absolute atomic E-state index is 0.484. The highest BCUT2D eigenvalue weighted by atomic mass is 16.4. The quantitative estimate of drug-likeness (QED) is 0.827. The molecule has 0 saturated heterocycles. The Morgan fingerprint density at radius 1 is 1.62 bits per heavy atom. The van der Waals surface area contributed by atoms with Gasteiger partial charge in [-0.05, 0) is 27.3 Å². The highest BCUT2D eigenvalue weighted by molar-refractivity contribution is 5.77. The zero-order valence-corrected chi connectivity index (χ0v) is 10.1. The van der Waals surface area contributed by atoms with Gasteiger partial charge in [0.2, 0.25) is 0 Å². The minimum atomic E-state index is -0.903. The average molecular weight is 226 g/mol. The van der Waals surface area contributed by atoms with Gasteiger partial charge in [0, 0.05) is 6.54 Å². The molecule has 0 fully saturated rings. The van der Waals surface area contributed by atoms with Crippen molar-refractivity contribution in [2.45, 2.75) is 39.8 Å². The first kappa shape index (κ1) is 12.7. The Morgan fingerprint density at radius 3 is 2.62 bits per heavy atom. The number of likely N-dealkylation sites (N-methyl/N-ethyl adjacent to an activating group) is 1. The van der Waals surface area contributed by atoms with Crippen LogP contribution in [0.15, 0.2) is 10.8 Å². The third kappa shape index (κ3) is 2.41. The van der Waals surface area contributed by atoms with E-state index >= 15 is 0 Å². The van der Waals surface area contributed by atoms with Crippen molar-refractivity contribution in [2.24, 2.45) is 0 Å². The van der Waals surface area contributed by atoms with Gasteiger partial charge >= 0.3 is 5.97 Å². The summed E-state index contributed by atoms with van der Waals surface area (Å²) in [4.78, 5) is 17.1. The lowest BCUT2D eigenvalue weighted by Crippen LogP contribution is -2.49. The second-order valence-electron chi connectivity index (χ2n) is 4.23. The fourth-order valence-electron chi connectivity index (χ4n) is 1.50. The molecule has 5 nitrogen and oxygen atoms in total. The average Bonchev–Trinajstić information content (AvgIpc) is 2.60. The summed E-state index contributed by atoms with van der Waals surface area (Å²) in [7, 11) is 0. The van der Waals surface area contributed by atoms with E-state index in [4.69, 9.17) is 9.52 Å². The van der Waals surface area contributed by atoms with Gasteiger partial charge in [0.1, 0.15) is 11.3 Å². The van der Waals surface area contributed by atoms with Gasteiger partial charge in [-0.1, -0.05) is 6.92 Å². The molecule has 0 saturated carbocycles. The normalized spacial score (nSPS) is 12.1. The molecule has 1 N–H and O–H groups in total. The van der Waals surface area contributed by atoms with Crippen molar-refractivity contribution in [3.8, 4) is 0 Å². The van der Waals surface area contributed by atoms with Crippen molar-refractivity contribution in [2.75, 3.05) is 6.54 Å². The monoisotopic (exact) mass is 226 g/mol. The van der Waals surface area contributed by atoms with Crippen molar-refractivity contribution >= 4 is 5.97 Å². The van der Waals surface area contributed by atoms with E-state index in [0.29, 0.717) is 13.1 Å². The smallest absolute Gasteiger partial charge is 0.323 e. The van der Waals surface area contributed by atoms with E-state index in [1.54, 1.807) is 13.8 Å². The van der Waals surface area contributed by atoms with E-state index in [2.05, 4.69) is 4.98 Å². The molecule has 0 aliphatic heterocycles. The number of rotatable bonds is 5. The number of aromatic nitrogens is 1. The molecule has 0 aromatic carbocycles. The van der Waals surface area contributed by atoms with Crippen LogP contribution in [0.3, 0.4) is 0 Å². The summed E-state index contributed by atoms with van der Waals surface area (Å²) in [5.41, 5.74) is -0.115. The van der Waals surface area contributed by atoms with Crippen LogP contribution in [0.25, 0.3) is 0 Å². The molecule has 0 amide bonds. The van der Waals surface area contributed by atoms with Crippen LogP contribution < -0.4 is 0 Å². The third-order valence-electron chi connectivity index (χ3n) is 2.88. The van der Waals surface area contributed by atoms with Crippen LogP contribution in [-0.2, 0) is 11.3 Å². The Labute approximate surface area is 95.1 Å². The van der Waals surface area contributed by atoms with Gasteiger partial charge in [-0.3, -0.25) is 9.69 Å². The first-order valence-corrected chi connectivity index (χ1v) is 5.27. The molecule has 90 valence electrons. The zero-order valence-electron chi connectivity index (χ0n) is 10.1. The summed E-state index contributed by atoms with van der Waals surface area (Å²) < 4.78 is 5.10. The number of carboxylic acids is 1. The lowest BCUT2D eigenvalue weighted by atomic mass is 10.0. The van der Waals surface area contributed by atoms with Crippen LogP contribution >= 0.6 is 0 Å². The number of nitrogens with zero attached hydrogens (tertiary/aromatic N) is 2. The maximum Gasteiger partial charge on any atom is 0.323 e. The summed E-state index contributed by atoms with van der Waals surface area (Å²) in [5.74, 6) is -0.102. The van der Waals surface area contributed by atoms with Crippen LogP contribution in [0.2, 0.25) is 0 Å². The van der Waals surface area contributed by atoms with E-state index in [1.165, 1.54) is 6.39 Å². The summed E-state index contributed by atoms with van der Waals surface area (Å²) in [6.45, 7) is 8.26. The van der Waals surface area contributed by atoms with E-state index < -0.39 is 11.5 Å². The molecule has 0 atom stereocenters. The summed E-state index contributed by atoms with van der Waals surface area (Å²) in [5, 5.41) is 9.16. The summed E-state index contributed by atoms with van der Waals surface area (Å²) in [6, 6.07) is 0. The van der Waals surface area contributed by atoms with E-state index in [-0.39, 0.29) is 0 Å². The Balaban J connectivity index is 2.85. The van der Waals surface area contributed by atoms with Gasteiger partial charge in [0.25, 0.3) is 0 Å². The predicted molar refractivity (Wildman–Crippen MR) is 59.0 cm³/mol. The molecule has 0 radical (unpaired) electrons. The second kappa shape index (κ2) is 4.65. The van der Waals surface area contributed by atoms with Gasteiger partial charge in [0.15, 0.2) is 6.39 Å². The van der Waals surface area contributed by atoms with E-state index in [9.17, 15) is 4.79 Å². The number of carbonyl (C=O) groups is 1. The molecule has 5 heteroatoms. The van der Waals surface area contributed by atoms with Crippen molar-refractivity contribution in [3.63, 3.8) is 0 Å². The number of aliphatic carboxylic acids is 1. The molecular formula is C11H18N2O3. The number of oxazole rings is 1. The van der Waals surface area contributed by atoms with Crippen molar-refractivity contribution in [1.82, 2.24) is 9.88 Å². The fraction of sp³-hybridized carbons (Fsp3) is 0.636. The summed E-state index contributed by atoms with van der Waals surface area (Å²) >= 11 is 0. The standard InChI is InChI=1S/C11H18N2O3/c1-5-13(11(3,4)10(14)15)6-9-8(2)16-7-12-9/h7H,5-6H2,1-4H3,(H,14,15). The largest absolute Gasteiger partial charge is 0.480 e. The Kier molecular flexibility index (Phi) is 3.70. The Morgan fingerprint density at radius 2 is 2.25 bits per heavy atom. The zero-order chi connectivity index (χ0) is 12.3. The molecule has 1 aromatic rings. The van der Waals surface area contributed by atoms with Crippen LogP contribution in [0, 0.1) is 6.92 Å². The molecule has 1 rings (SSSR count). The molecule has 1 heterocycles. The maximum atomic E-state index is 11.1. The summed E-state index contributed by atoms with van der Waals surface area (Å²) in [6.07, 6.45) is 1.38. The lowest BCUT2D eigenvalue weighted by molar-refractivity contribution is -0.149. The van der Waals surface area contributed by atoms with Gasteiger partial charge in [-0.2, -0.15) is 0 Å². The van der Waals surface area contributed by atoms with Crippen LogP contribution in [0.4, 0.5) is 0 Å². The lowest BCUT2D eigenvalue weighted by Gasteiger charge is -2.33. The van der Waals surface area contributed by atoms with Gasteiger partial charge in [0.05, 0.1) is 5.69 Å². The fourth-order valence-corrected chi connectivity index (χ4v) is 1.50. The van der Waals surface area contributed by atoms with Gasteiger partial charge in [-0.15, -0.1) is 0 Å². The first-order valence-electron chi connectivity index (χ1n) is 5.27. The van der Waals surface area contributed by atoms with Gasteiger partial charge < -0.3 is 9.52 Å². The highest BCUT2D eigenvalue weighted by Crippen LogP contribution is 2.18. The number of hydrogen-bond donors (Lipinski definition) is 1. The molecular weight excluding hydrogens is 208 g/mol. The van der Waals surface area contributed by atoms with E-state index in [0.717, 1.165) is 11.5 Å². The molecule has 0 unspecified atom stereocenters. The number of aryl methyl sites for hydroxylation is 1. The van der Waals surface area contributed by atoms with Crippen molar-refractivity contribution in [1.29, 1.82) is 0 Å². The molecule has 0 spiro atoms. The first-order chi connectivity index (χ1) is 7.39. The molecule has 1 aromatic heterocycles. The third-order valence-corrected chi connectivity index (χ3v) is 2.88. The second-order valence-corrected chi connectivity index (χ2v) is 4.23. The topological polar surface area (TPSA) is 66.6 Å². The molecule has 16 heavy (non-hydrogen) atoms. The van der Waals surface area contributed by atoms with Crippen LogP contribution in [0.1, 0.15) is 32.2 Å². The number of carboxylic acid groups (broad SMARTS) is 1. The maximum absolute atomic E-state index is 11.1. The molecule has 0 aliphatic carbocycles. The molecule has 0 aliphatic rings.